The number of pyridine rings is 1. The van der Waals surface area contributed by atoms with Gasteiger partial charge in [0.05, 0.1) is 0 Å². The third-order valence-electron chi connectivity index (χ3n) is 5.85. The Morgan fingerprint density at radius 1 is 0.969 bits per heavy atom. The van der Waals surface area contributed by atoms with E-state index in [9.17, 15) is 0 Å². The van der Waals surface area contributed by atoms with E-state index in [0.29, 0.717) is 6.54 Å². The Morgan fingerprint density at radius 3 is 2.19 bits per heavy atom. The fourth-order valence-electron chi connectivity index (χ4n) is 3.65. The lowest BCUT2D eigenvalue weighted by Gasteiger charge is -2.33. The van der Waals surface area contributed by atoms with Crippen LogP contribution in [0.4, 0.5) is 5.82 Å². The molecule has 0 spiro atoms. The first-order chi connectivity index (χ1) is 14.8. The predicted octanol–water partition coefficient (Wildman–Crippen LogP) is 3.66. The van der Waals surface area contributed by atoms with Gasteiger partial charge in [-0.25, -0.2) is 4.98 Å². The maximum absolute atomic E-state index is 4.66. The molecule has 0 saturated carbocycles. The summed E-state index contributed by atoms with van der Waals surface area (Å²) >= 11 is 0. The van der Waals surface area contributed by atoms with Crippen molar-refractivity contribution >= 4 is 35.8 Å². The number of nitrogens with one attached hydrogen (secondary N) is 2. The Kier molecular flexibility index (Phi) is 10.2. The highest BCUT2D eigenvalue weighted by Crippen LogP contribution is 2.22. The van der Waals surface area contributed by atoms with Crippen molar-refractivity contribution in [2.45, 2.75) is 39.2 Å². The van der Waals surface area contributed by atoms with Crippen molar-refractivity contribution in [2.75, 3.05) is 51.7 Å². The molecule has 0 aliphatic carbocycles. The fraction of sp³-hybridized carbons (Fsp3) is 0.520. The molecule has 0 unspecified atom stereocenters. The van der Waals surface area contributed by atoms with Crippen LogP contribution in [-0.4, -0.2) is 62.7 Å². The minimum Gasteiger partial charge on any atom is -0.356 e. The first-order valence-electron chi connectivity index (χ1n) is 11.3. The number of anilines is 1. The third-order valence-corrected chi connectivity index (χ3v) is 5.85. The number of nitrogens with zero attached hydrogens (tertiary/aromatic N) is 4. The van der Waals surface area contributed by atoms with Gasteiger partial charge in [0, 0.05) is 52.5 Å². The van der Waals surface area contributed by atoms with Crippen molar-refractivity contribution in [1.29, 1.82) is 0 Å². The van der Waals surface area contributed by atoms with Crippen LogP contribution in [0.1, 0.15) is 37.5 Å². The van der Waals surface area contributed by atoms with Gasteiger partial charge in [0.25, 0.3) is 0 Å². The quantitative estimate of drug-likeness (QED) is 0.327. The van der Waals surface area contributed by atoms with Gasteiger partial charge in [0.15, 0.2) is 5.96 Å². The first-order valence-corrected chi connectivity index (χ1v) is 11.3. The number of aromatic nitrogens is 1. The standard InChI is InChI=1S/C25H38N6.HI/c1-25(2,3)22-9-6-20(7-10-22)12-13-27-24(26-4)29-19-21-8-11-23(28-18-21)31-16-14-30(5)15-17-31;/h6-11,18H,12-17,19H2,1-5H3,(H2,26,27,29);1H. The van der Waals surface area contributed by atoms with Crippen LogP contribution in [-0.2, 0) is 18.4 Å². The summed E-state index contributed by atoms with van der Waals surface area (Å²) in [5.74, 6) is 1.88. The zero-order chi connectivity index (χ0) is 22.3. The number of benzene rings is 1. The molecule has 6 nitrogen and oxygen atoms in total. The number of aliphatic imine (C=N–C) groups is 1. The number of hydrogen-bond acceptors (Lipinski definition) is 4. The maximum atomic E-state index is 4.66. The van der Waals surface area contributed by atoms with E-state index < -0.39 is 0 Å². The predicted molar refractivity (Wildman–Crippen MR) is 146 cm³/mol. The van der Waals surface area contributed by atoms with E-state index in [0.717, 1.165) is 56.5 Å². The van der Waals surface area contributed by atoms with Crippen LogP contribution in [0.2, 0.25) is 0 Å². The molecular weight excluding hydrogens is 511 g/mol. The van der Waals surface area contributed by atoms with Gasteiger partial charge in [-0.2, -0.15) is 0 Å². The second kappa shape index (κ2) is 12.4. The lowest BCUT2D eigenvalue weighted by Crippen LogP contribution is -2.44. The SMILES string of the molecule is CN=C(NCCc1ccc(C(C)(C)C)cc1)NCc1ccc(N2CCN(C)CC2)nc1.I. The number of rotatable bonds is 6. The number of likely N-dealkylation sites (N-methyl/N-ethyl adjacent to an activating group) is 1. The molecule has 0 radical (unpaired) electrons. The zero-order valence-corrected chi connectivity index (χ0v) is 22.5. The van der Waals surface area contributed by atoms with E-state index in [1.165, 1.54) is 11.1 Å². The van der Waals surface area contributed by atoms with Crippen molar-refractivity contribution in [3.05, 3.63) is 59.3 Å². The topological polar surface area (TPSA) is 55.8 Å². The molecule has 2 N–H and O–H groups in total. The maximum Gasteiger partial charge on any atom is 0.191 e. The van der Waals surface area contributed by atoms with E-state index >= 15 is 0 Å². The second-order valence-electron chi connectivity index (χ2n) is 9.36. The summed E-state index contributed by atoms with van der Waals surface area (Å²) < 4.78 is 0. The molecule has 0 atom stereocenters. The molecule has 1 aromatic carbocycles. The van der Waals surface area contributed by atoms with E-state index in [-0.39, 0.29) is 29.4 Å². The molecule has 32 heavy (non-hydrogen) atoms. The molecule has 0 amide bonds. The van der Waals surface area contributed by atoms with Crippen LogP contribution in [0.25, 0.3) is 0 Å². The number of hydrogen-bond donors (Lipinski definition) is 2. The van der Waals surface area contributed by atoms with Gasteiger partial charge in [-0.15, -0.1) is 24.0 Å². The van der Waals surface area contributed by atoms with Gasteiger partial charge in [-0.3, -0.25) is 4.99 Å². The Bertz CT molecular complexity index is 834. The van der Waals surface area contributed by atoms with Crippen LogP contribution in [0.5, 0.6) is 0 Å². The van der Waals surface area contributed by atoms with Gasteiger partial charge in [0.1, 0.15) is 5.82 Å². The van der Waals surface area contributed by atoms with Gasteiger partial charge < -0.3 is 20.4 Å². The normalized spacial score (nSPS) is 15.3. The molecule has 2 heterocycles. The molecule has 1 aromatic heterocycles. The Labute approximate surface area is 210 Å². The van der Waals surface area contributed by atoms with Crippen molar-refractivity contribution < 1.29 is 0 Å². The molecular formula is C25H39IN6. The summed E-state index contributed by atoms with van der Waals surface area (Å²) in [7, 11) is 3.98. The second-order valence-corrected chi connectivity index (χ2v) is 9.36. The van der Waals surface area contributed by atoms with Crippen LogP contribution in [0, 0.1) is 0 Å². The first kappa shape index (κ1) is 26.4. The Balaban J connectivity index is 0.00000363. The van der Waals surface area contributed by atoms with Crippen LogP contribution in [0.3, 0.4) is 0 Å². The number of guanidine groups is 1. The molecule has 1 fully saturated rings. The summed E-state index contributed by atoms with van der Waals surface area (Å²) in [6.45, 7) is 12.5. The average molecular weight is 551 g/mol. The highest BCUT2D eigenvalue weighted by molar-refractivity contribution is 14.0. The third kappa shape index (κ3) is 7.92. The van der Waals surface area contributed by atoms with Crippen molar-refractivity contribution in [2.24, 2.45) is 4.99 Å². The fourth-order valence-corrected chi connectivity index (χ4v) is 3.65. The molecule has 0 bridgehead atoms. The highest BCUT2D eigenvalue weighted by atomic mass is 127. The zero-order valence-electron chi connectivity index (χ0n) is 20.2. The molecule has 1 aliphatic rings. The summed E-state index contributed by atoms with van der Waals surface area (Å²) in [4.78, 5) is 13.7. The molecule has 1 aliphatic heterocycles. The monoisotopic (exact) mass is 550 g/mol. The van der Waals surface area contributed by atoms with Gasteiger partial charge in [-0.05, 0) is 41.6 Å². The summed E-state index contributed by atoms with van der Waals surface area (Å²) in [6, 6.07) is 13.2. The average Bonchev–Trinajstić information content (AvgIpc) is 2.77. The van der Waals surface area contributed by atoms with E-state index in [1.807, 2.05) is 13.2 Å². The summed E-state index contributed by atoms with van der Waals surface area (Å²) in [5.41, 5.74) is 4.05. The number of piperazine rings is 1. The van der Waals surface area contributed by atoms with Crippen LogP contribution in [0.15, 0.2) is 47.6 Å². The lowest BCUT2D eigenvalue weighted by atomic mass is 9.86. The van der Waals surface area contributed by atoms with Crippen LogP contribution < -0.4 is 15.5 Å². The Morgan fingerprint density at radius 2 is 1.62 bits per heavy atom. The van der Waals surface area contributed by atoms with E-state index in [1.54, 1.807) is 0 Å². The number of halogens is 1. The van der Waals surface area contributed by atoms with Crippen molar-refractivity contribution in [3.63, 3.8) is 0 Å². The molecule has 7 heteroatoms. The summed E-state index contributed by atoms with van der Waals surface area (Å²) in [6.07, 6.45) is 2.93. The van der Waals surface area contributed by atoms with E-state index in [2.05, 4.69) is 94.6 Å². The van der Waals surface area contributed by atoms with Gasteiger partial charge in [0.2, 0.25) is 0 Å². The van der Waals surface area contributed by atoms with Gasteiger partial charge >= 0.3 is 0 Å². The van der Waals surface area contributed by atoms with Gasteiger partial charge in [-0.1, -0.05) is 51.1 Å². The minimum absolute atomic E-state index is 0. The molecule has 176 valence electrons. The lowest BCUT2D eigenvalue weighted by molar-refractivity contribution is 0.312. The smallest absolute Gasteiger partial charge is 0.191 e. The highest BCUT2D eigenvalue weighted by Gasteiger charge is 2.15. The van der Waals surface area contributed by atoms with E-state index in [4.69, 9.17) is 0 Å². The minimum atomic E-state index is 0. The molecule has 3 rings (SSSR count). The van der Waals surface area contributed by atoms with Crippen molar-refractivity contribution in [1.82, 2.24) is 20.5 Å². The molecule has 2 aromatic rings. The summed E-state index contributed by atoms with van der Waals surface area (Å²) in [5, 5.41) is 6.79. The molecule has 1 saturated heterocycles. The van der Waals surface area contributed by atoms with Crippen LogP contribution >= 0.6 is 24.0 Å². The largest absolute Gasteiger partial charge is 0.356 e. The van der Waals surface area contributed by atoms with Crippen molar-refractivity contribution in [3.8, 4) is 0 Å². The Hall–Kier alpha value is -1.87.